The Morgan fingerprint density at radius 3 is 2.56 bits per heavy atom. The van der Waals surface area contributed by atoms with Crippen molar-refractivity contribution in [2.45, 2.75) is 46.7 Å². The Morgan fingerprint density at radius 1 is 1.28 bits per heavy atom. The highest BCUT2D eigenvalue weighted by atomic mass is 19.1. The van der Waals surface area contributed by atoms with E-state index in [4.69, 9.17) is 0 Å². The van der Waals surface area contributed by atoms with Crippen LogP contribution in [-0.2, 0) is 6.54 Å². The summed E-state index contributed by atoms with van der Waals surface area (Å²) in [5, 5.41) is 3.34. The van der Waals surface area contributed by atoms with E-state index in [1.54, 1.807) is 12.1 Å². The fraction of sp³-hybridized carbons (Fsp3) is 0.600. The molecule has 3 heteroatoms. The number of nitrogens with one attached hydrogen (secondary N) is 1. The lowest BCUT2D eigenvalue weighted by molar-refractivity contribution is 0.615. The first-order valence-electron chi connectivity index (χ1n) is 6.85. The Kier molecular flexibility index (Phi) is 6.13. The fourth-order valence-corrected chi connectivity index (χ4v) is 2.19. The second-order valence-electron chi connectivity index (χ2n) is 4.83. The minimum absolute atomic E-state index is 0.160. The molecule has 1 rings (SSSR count). The molecule has 0 radical (unpaired) electrons. The third kappa shape index (κ3) is 3.98. The van der Waals surface area contributed by atoms with E-state index in [0.717, 1.165) is 37.3 Å². The SMILES string of the molecule is CCCNCc1cc(F)ccc1N(CC)C(C)C. The van der Waals surface area contributed by atoms with Gasteiger partial charge in [0.15, 0.2) is 0 Å². The van der Waals surface area contributed by atoms with Gasteiger partial charge in [-0.3, -0.25) is 0 Å². The van der Waals surface area contributed by atoms with Crippen LogP contribution in [0.4, 0.5) is 10.1 Å². The maximum atomic E-state index is 13.4. The molecule has 0 unspecified atom stereocenters. The molecule has 0 aliphatic heterocycles. The van der Waals surface area contributed by atoms with Crippen LogP contribution < -0.4 is 10.2 Å². The zero-order valence-corrected chi connectivity index (χ0v) is 12.0. The van der Waals surface area contributed by atoms with E-state index in [9.17, 15) is 4.39 Å². The molecule has 102 valence electrons. The van der Waals surface area contributed by atoms with Gasteiger partial charge in [-0.1, -0.05) is 6.92 Å². The molecule has 0 atom stereocenters. The number of halogens is 1. The number of rotatable bonds is 7. The van der Waals surface area contributed by atoms with Crippen LogP contribution in [0.15, 0.2) is 18.2 Å². The van der Waals surface area contributed by atoms with Gasteiger partial charge in [-0.15, -0.1) is 0 Å². The smallest absolute Gasteiger partial charge is 0.123 e. The molecular weight excluding hydrogens is 227 g/mol. The maximum Gasteiger partial charge on any atom is 0.123 e. The first-order valence-corrected chi connectivity index (χ1v) is 6.85. The van der Waals surface area contributed by atoms with Gasteiger partial charge in [0, 0.05) is 24.8 Å². The molecule has 1 aromatic rings. The fourth-order valence-electron chi connectivity index (χ4n) is 2.19. The molecule has 0 saturated carbocycles. The summed E-state index contributed by atoms with van der Waals surface area (Å²) < 4.78 is 13.4. The van der Waals surface area contributed by atoms with Gasteiger partial charge >= 0.3 is 0 Å². The van der Waals surface area contributed by atoms with Gasteiger partial charge in [-0.25, -0.2) is 4.39 Å². The zero-order valence-electron chi connectivity index (χ0n) is 12.0. The average molecular weight is 252 g/mol. The predicted octanol–water partition coefficient (Wildman–Crippen LogP) is 3.56. The van der Waals surface area contributed by atoms with E-state index in [0.29, 0.717) is 6.04 Å². The van der Waals surface area contributed by atoms with Crippen LogP contribution in [0.2, 0.25) is 0 Å². The van der Waals surface area contributed by atoms with Gasteiger partial charge in [0.2, 0.25) is 0 Å². The molecule has 0 heterocycles. The second kappa shape index (κ2) is 7.37. The standard InChI is InChI=1S/C15H25FN2/c1-5-9-17-11-13-10-14(16)7-8-15(13)18(6-2)12(3)4/h7-8,10,12,17H,5-6,9,11H2,1-4H3. The highest BCUT2D eigenvalue weighted by molar-refractivity contribution is 5.54. The van der Waals surface area contributed by atoms with Crippen molar-refractivity contribution in [3.8, 4) is 0 Å². The minimum atomic E-state index is -0.160. The third-order valence-electron chi connectivity index (χ3n) is 3.06. The number of benzene rings is 1. The van der Waals surface area contributed by atoms with Crippen LogP contribution in [0.1, 0.15) is 39.7 Å². The molecule has 0 aromatic heterocycles. The van der Waals surface area contributed by atoms with Crippen molar-refractivity contribution >= 4 is 5.69 Å². The van der Waals surface area contributed by atoms with E-state index < -0.39 is 0 Å². The van der Waals surface area contributed by atoms with Crippen molar-refractivity contribution in [3.05, 3.63) is 29.6 Å². The van der Waals surface area contributed by atoms with E-state index >= 15 is 0 Å². The lowest BCUT2D eigenvalue weighted by atomic mass is 10.1. The summed E-state index contributed by atoms with van der Waals surface area (Å²) in [6.07, 6.45) is 1.09. The van der Waals surface area contributed by atoms with Gasteiger partial charge in [0.05, 0.1) is 0 Å². The van der Waals surface area contributed by atoms with E-state index in [2.05, 4.69) is 37.9 Å². The van der Waals surface area contributed by atoms with Crippen LogP contribution in [0, 0.1) is 5.82 Å². The molecule has 0 aliphatic carbocycles. The maximum absolute atomic E-state index is 13.4. The largest absolute Gasteiger partial charge is 0.369 e. The summed E-state index contributed by atoms with van der Waals surface area (Å²) in [6.45, 7) is 11.2. The van der Waals surface area contributed by atoms with Crippen molar-refractivity contribution < 1.29 is 4.39 Å². The molecule has 2 nitrogen and oxygen atoms in total. The number of nitrogens with zero attached hydrogens (tertiary/aromatic N) is 1. The molecule has 0 bridgehead atoms. The van der Waals surface area contributed by atoms with Crippen LogP contribution in [-0.4, -0.2) is 19.1 Å². The van der Waals surface area contributed by atoms with Crippen LogP contribution in [0.3, 0.4) is 0 Å². The number of hydrogen-bond donors (Lipinski definition) is 1. The highest BCUT2D eigenvalue weighted by Gasteiger charge is 2.13. The Hall–Kier alpha value is -1.09. The van der Waals surface area contributed by atoms with Crippen LogP contribution in [0.5, 0.6) is 0 Å². The molecule has 0 spiro atoms. The molecule has 1 aromatic carbocycles. The Labute approximate surface area is 110 Å². The van der Waals surface area contributed by atoms with Crippen molar-refractivity contribution in [2.75, 3.05) is 18.0 Å². The van der Waals surface area contributed by atoms with Gasteiger partial charge in [0.25, 0.3) is 0 Å². The van der Waals surface area contributed by atoms with Gasteiger partial charge in [-0.2, -0.15) is 0 Å². The lowest BCUT2D eigenvalue weighted by Crippen LogP contribution is -2.32. The molecule has 0 amide bonds. The van der Waals surface area contributed by atoms with Gasteiger partial charge in [-0.05, 0) is 57.5 Å². The Bertz CT molecular complexity index is 364. The second-order valence-corrected chi connectivity index (χ2v) is 4.83. The molecule has 0 fully saturated rings. The summed E-state index contributed by atoms with van der Waals surface area (Å²) in [4.78, 5) is 2.29. The van der Waals surface area contributed by atoms with E-state index in [-0.39, 0.29) is 5.82 Å². The summed E-state index contributed by atoms with van der Waals surface area (Å²) in [6, 6.07) is 5.50. The topological polar surface area (TPSA) is 15.3 Å². The van der Waals surface area contributed by atoms with Crippen molar-refractivity contribution in [1.29, 1.82) is 0 Å². The van der Waals surface area contributed by atoms with Crippen molar-refractivity contribution in [1.82, 2.24) is 5.32 Å². The summed E-state index contributed by atoms with van der Waals surface area (Å²) >= 11 is 0. The normalized spacial score (nSPS) is 11.0. The molecular formula is C15H25FN2. The van der Waals surface area contributed by atoms with E-state index in [1.807, 2.05) is 6.07 Å². The minimum Gasteiger partial charge on any atom is -0.369 e. The number of hydrogen-bond acceptors (Lipinski definition) is 2. The Morgan fingerprint density at radius 2 is 2.00 bits per heavy atom. The molecule has 0 aliphatic rings. The summed E-state index contributed by atoms with van der Waals surface area (Å²) in [5.74, 6) is -0.160. The Balaban J connectivity index is 2.94. The van der Waals surface area contributed by atoms with Crippen molar-refractivity contribution in [2.24, 2.45) is 0 Å². The first kappa shape index (κ1) is 15.0. The number of anilines is 1. The van der Waals surface area contributed by atoms with Gasteiger partial charge < -0.3 is 10.2 Å². The van der Waals surface area contributed by atoms with Crippen LogP contribution in [0.25, 0.3) is 0 Å². The molecule has 0 saturated heterocycles. The third-order valence-corrected chi connectivity index (χ3v) is 3.06. The lowest BCUT2D eigenvalue weighted by Gasteiger charge is -2.29. The van der Waals surface area contributed by atoms with E-state index in [1.165, 1.54) is 0 Å². The van der Waals surface area contributed by atoms with Gasteiger partial charge in [0.1, 0.15) is 5.82 Å². The first-order chi connectivity index (χ1) is 8.60. The average Bonchev–Trinajstić information content (AvgIpc) is 2.32. The van der Waals surface area contributed by atoms with Crippen LogP contribution >= 0.6 is 0 Å². The highest BCUT2D eigenvalue weighted by Crippen LogP contribution is 2.23. The monoisotopic (exact) mass is 252 g/mol. The quantitative estimate of drug-likeness (QED) is 0.746. The molecule has 1 N–H and O–H groups in total. The zero-order chi connectivity index (χ0) is 13.5. The predicted molar refractivity (Wildman–Crippen MR) is 76.6 cm³/mol. The summed E-state index contributed by atoms with van der Waals surface area (Å²) in [5.41, 5.74) is 2.18. The molecule has 18 heavy (non-hydrogen) atoms. The van der Waals surface area contributed by atoms with Crippen molar-refractivity contribution in [3.63, 3.8) is 0 Å². The summed E-state index contributed by atoms with van der Waals surface area (Å²) in [7, 11) is 0.